The summed E-state index contributed by atoms with van der Waals surface area (Å²) in [6, 6.07) is 2.09. The second kappa shape index (κ2) is 8.85. The third-order valence-electron chi connectivity index (χ3n) is 11.2. The molecule has 6 rings (SSSR count). The molecule has 0 N–H and O–H groups in total. The van der Waals surface area contributed by atoms with Crippen molar-refractivity contribution in [3.05, 3.63) is 23.8 Å². The normalized spacial score (nSPS) is 40.0. The number of Topliss-reactive ketones (excluding diaryl/α,β-unsaturated/α-hetero) is 1. The Morgan fingerprint density at radius 1 is 1.03 bits per heavy atom. The van der Waals surface area contributed by atoms with Crippen molar-refractivity contribution in [2.75, 3.05) is 13.7 Å². The number of fused-ring (bicyclic) bond motifs is 6. The molecule has 0 aliphatic heterocycles. The lowest BCUT2D eigenvalue weighted by molar-refractivity contribution is -0.154. The number of benzene rings is 1. The summed E-state index contributed by atoms with van der Waals surface area (Å²) in [4.78, 5) is 14.9. The van der Waals surface area contributed by atoms with Gasteiger partial charge < -0.3 is 4.74 Å². The van der Waals surface area contributed by atoms with Crippen molar-refractivity contribution in [3.63, 3.8) is 0 Å². The van der Waals surface area contributed by atoms with Gasteiger partial charge in [-0.05, 0) is 91.8 Å². The minimum atomic E-state index is -0.947. The highest BCUT2D eigenvalue weighted by Crippen LogP contribution is 2.68. The predicted octanol–water partition coefficient (Wildman–Crippen LogP) is 6.20. The Kier molecular flexibility index (Phi) is 6.01. The fraction of sp³-hybridized carbons (Fsp3) is 0.759. The topological polar surface area (TPSA) is 57.0 Å². The first-order chi connectivity index (χ1) is 17.2. The Bertz CT molecular complexity index is 1130. The number of nitrogens with zero attached hydrogens (tertiary/aromatic N) is 3. The summed E-state index contributed by atoms with van der Waals surface area (Å²) in [5.41, 5.74) is 0.878. The van der Waals surface area contributed by atoms with E-state index in [2.05, 4.69) is 24.0 Å². The van der Waals surface area contributed by atoms with Crippen LogP contribution in [0.15, 0.2) is 12.1 Å². The first kappa shape index (κ1) is 24.4. The van der Waals surface area contributed by atoms with Crippen molar-refractivity contribution in [2.24, 2.45) is 46.3 Å². The number of hydrogen-bond acceptors (Lipinski definition) is 4. The van der Waals surface area contributed by atoms with Gasteiger partial charge in [0.2, 0.25) is 0 Å². The van der Waals surface area contributed by atoms with E-state index in [0.717, 1.165) is 49.8 Å². The zero-order valence-corrected chi connectivity index (χ0v) is 21.8. The van der Waals surface area contributed by atoms with Crippen LogP contribution in [-0.2, 0) is 16.1 Å². The number of ketones is 1. The van der Waals surface area contributed by atoms with E-state index in [1.165, 1.54) is 43.3 Å². The molecule has 4 aliphatic rings. The van der Waals surface area contributed by atoms with Crippen molar-refractivity contribution in [1.82, 2.24) is 15.0 Å². The molecule has 5 nitrogen and oxygen atoms in total. The fourth-order valence-electron chi connectivity index (χ4n) is 9.62. The van der Waals surface area contributed by atoms with E-state index < -0.39 is 11.6 Å². The zero-order chi connectivity index (χ0) is 25.2. The van der Waals surface area contributed by atoms with Gasteiger partial charge in [0, 0.05) is 25.2 Å². The standard InChI is InChI=1S/C29H39F2N3O2/c1-17-8-11-29(16-36-3)18(12-17)4-5-19-20-6-7-22(28(20,2)10-9-21(19)29)27(35)15-34-32-25-13-23(30)24(31)14-26(25)33-34/h13-14,17-22H,4-12,15-16H2,1-3H3. The second-order valence-corrected chi connectivity index (χ2v) is 12.8. The van der Waals surface area contributed by atoms with Crippen molar-refractivity contribution < 1.29 is 18.3 Å². The zero-order valence-electron chi connectivity index (χ0n) is 21.8. The molecule has 1 heterocycles. The van der Waals surface area contributed by atoms with Gasteiger partial charge in [-0.25, -0.2) is 8.78 Å². The highest BCUT2D eigenvalue weighted by atomic mass is 19.2. The summed E-state index contributed by atoms with van der Waals surface area (Å²) in [6.07, 6.45) is 10.9. The van der Waals surface area contributed by atoms with Crippen LogP contribution < -0.4 is 0 Å². The number of carbonyl (C=O) groups is 1. The Morgan fingerprint density at radius 3 is 2.44 bits per heavy atom. The largest absolute Gasteiger partial charge is 0.384 e. The highest BCUT2D eigenvalue weighted by Gasteiger charge is 2.62. The van der Waals surface area contributed by atoms with Gasteiger partial charge in [-0.1, -0.05) is 20.3 Å². The molecule has 4 saturated carbocycles. The Labute approximate surface area is 212 Å². The van der Waals surface area contributed by atoms with E-state index in [9.17, 15) is 13.6 Å². The molecular weight excluding hydrogens is 460 g/mol. The maximum absolute atomic E-state index is 13.6. The SMILES string of the molecule is COCC12CCC(C)CC1CCC1C3CCC(C(=O)Cn4nc5cc(F)c(F)cc5n4)C3(C)CCC12. The average molecular weight is 500 g/mol. The molecule has 0 amide bonds. The minimum Gasteiger partial charge on any atom is -0.384 e. The van der Waals surface area contributed by atoms with Crippen LogP contribution in [-0.4, -0.2) is 34.5 Å². The van der Waals surface area contributed by atoms with Gasteiger partial charge in [0.05, 0.1) is 6.61 Å². The molecule has 1 aromatic carbocycles. The first-order valence-electron chi connectivity index (χ1n) is 14.0. The molecule has 196 valence electrons. The van der Waals surface area contributed by atoms with Gasteiger partial charge >= 0.3 is 0 Å². The number of carbonyl (C=O) groups excluding carboxylic acids is 1. The maximum atomic E-state index is 13.6. The van der Waals surface area contributed by atoms with E-state index in [1.807, 2.05) is 7.11 Å². The average Bonchev–Trinajstić information content (AvgIpc) is 3.39. The number of ether oxygens (including phenoxy) is 1. The summed E-state index contributed by atoms with van der Waals surface area (Å²) in [7, 11) is 1.88. The van der Waals surface area contributed by atoms with Crippen LogP contribution in [0, 0.1) is 58.0 Å². The van der Waals surface area contributed by atoms with Crippen molar-refractivity contribution in [2.45, 2.75) is 78.2 Å². The number of methoxy groups -OCH3 is 1. The van der Waals surface area contributed by atoms with Crippen LogP contribution in [0.4, 0.5) is 8.78 Å². The third-order valence-corrected chi connectivity index (χ3v) is 11.2. The molecule has 0 saturated heterocycles. The second-order valence-electron chi connectivity index (χ2n) is 12.8. The molecule has 36 heavy (non-hydrogen) atoms. The Balaban J connectivity index is 1.22. The van der Waals surface area contributed by atoms with Crippen molar-refractivity contribution in [3.8, 4) is 0 Å². The summed E-state index contributed by atoms with van der Waals surface area (Å²) < 4.78 is 33.1. The van der Waals surface area contributed by atoms with Crippen LogP contribution in [0.1, 0.15) is 71.6 Å². The number of hydrogen-bond donors (Lipinski definition) is 0. The predicted molar refractivity (Wildman–Crippen MR) is 133 cm³/mol. The highest BCUT2D eigenvalue weighted by molar-refractivity contribution is 5.82. The molecule has 8 atom stereocenters. The Hall–Kier alpha value is -1.89. The van der Waals surface area contributed by atoms with E-state index in [1.54, 1.807) is 0 Å². The van der Waals surface area contributed by atoms with E-state index in [-0.39, 0.29) is 34.7 Å². The molecule has 2 aromatic rings. The van der Waals surface area contributed by atoms with Crippen LogP contribution in [0.2, 0.25) is 0 Å². The summed E-state index contributed by atoms with van der Waals surface area (Å²) in [5.74, 6) is 1.82. The molecule has 8 unspecified atom stereocenters. The number of halogens is 2. The molecule has 0 radical (unpaired) electrons. The van der Waals surface area contributed by atoms with E-state index >= 15 is 0 Å². The lowest BCUT2D eigenvalue weighted by Gasteiger charge is -2.61. The summed E-state index contributed by atoms with van der Waals surface area (Å²) >= 11 is 0. The van der Waals surface area contributed by atoms with Gasteiger partial charge in [-0.15, -0.1) is 0 Å². The molecular formula is C29H39F2N3O2. The molecule has 0 spiro atoms. The Morgan fingerprint density at radius 2 is 1.75 bits per heavy atom. The van der Waals surface area contributed by atoms with Crippen LogP contribution >= 0.6 is 0 Å². The van der Waals surface area contributed by atoms with Crippen LogP contribution in [0.3, 0.4) is 0 Å². The molecule has 4 aliphatic carbocycles. The van der Waals surface area contributed by atoms with Crippen molar-refractivity contribution in [1.29, 1.82) is 0 Å². The molecule has 7 heteroatoms. The van der Waals surface area contributed by atoms with Gasteiger partial charge in [-0.3, -0.25) is 4.79 Å². The number of rotatable bonds is 5. The van der Waals surface area contributed by atoms with Crippen molar-refractivity contribution >= 4 is 16.8 Å². The van der Waals surface area contributed by atoms with Gasteiger partial charge in [0.25, 0.3) is 0 Å². The maximum Gasteiger partial charge on any atom is 0.161 e. The van der Waals surface area contributed by atoms with Gasteiger partial charge in [0.1, 0.15) is 17.6 Å². The fourth-order valence-corrected chi connectivity index (χ4v) is 9.62. The number of aromatic nitrogens is 3. The third kappa shape index (κ3) is 3.66. The monoisotopic (exact) mass is 499 g/mol. The first-order valence-corrected chi connectivity index (χ1v) is 14.0. The lowest BCUT2D eigenvalue weighted by Crippen LogP contribution is -2.56. The van der Waals surface area contributed by atoms with E-state index in [4.69, 9.17) is 4.74 Å². The summed E-state index contributed by atoms with van der Waals surface area (Å²) in [6.45, 7) is 5.72. The molecule has 4 fully saturated rings. The molecule has 1 aromatic heterocycles. The van der Waals surface area contributed by atoms with E-state index in [0.29, 0.717) is 23.2 Å². The van der Waals surface area contributed by atoms with Crippen LogP contribution in [0.25, 0.3) is 11.0 Å². The minimum absolute atomic E-state index is 0.00601. The summed E-state index contributed by atoms with van der Waals surface area (Å²) in [5, 5.41) is 8.53. The molecule has 0 bridgehead atoms. The quantitative estimate of drug-likeness (QED) is 0.492. The lowest BCUT2D eigenvalue weighted by atomic mass is 9.44. The smallest absolute Gasteiger partial charge is 0.161 e. The van der Waals surface area contributed by atoms with Gasteiger partial charge in [0.15, 0.2) is 17.4 Å². The van der Waals surface area contributed by atoms with Gasteiger partial charge in [-0.2, -0.15) is 15.0 Å². The van der Waals surface area contributed by atoms with Crippen LogP contribution in [0.5, 0.6) is 0 Å².